The first-order valence-electron chi connectivity index (χ1n) is 9.96. The summed E-state index contributed by atoms with van der Waals surface area (Å²) in [6, 6.07) is 8.79. The minimum Gasteiger partial charge on any atom is -0.395 e. The predicted octanol–water partition coefficient (Wildman–Crippen LogP) is 1.33. The van der Waals surface area contributed by atoms with Crippen LogP contribution in [0.1, 0.15) is 25.8 Å². The van der Waals surface area contributed by atoms with E-state index in [9.17, 15) is 9.59 Å². The lowest BCUT2D eigenvalue weighted by atomic mass is 10.0. The van der Waals surface area contributed by atoms with E-state index in [1.165, 1.54) is 0 Å². The maximum Gasteiger partial charge on any atom is 0.318 e. The molecule has 1 rings (SSSR count). The molecule has 1 aromatic rings. The van der Waals surface area contributed by atoms with Crippen molar-refractivity contribution in [2.45, 2.75) is 32.7 Å². The van der Waals surface area contributed by atoms with Crippen LogP contribution in [0.4, 0.5) is 4.79 Å². The zero-order valence-corrected chi connectivity index (χ0v) is 17.6. The van der Waals surface area contributed by atoms with Gasteiger partial charge in [0.1, 0.15) is 6.04 Å². The molecule has 0 saturated heterocycles. The number of hydrogen-bond acceptors (Lipinski definition) is 4. The molecular formula is C21H36N4O3. The smallest absolute Gasteiger partial charge is 0.318 e. The van der Waals surface area contributed by atoms with Gasteiger partial charge in [0.2, 0.25) is 5.91 Å². The van der Waals surface area contributed by atoms with Gasteiger partial charge in [-0.2, -0.15) is 0 Å². The molecule has 158 valence electrons. The highest BCUT2D eigenvalue weighted by Crippen LogP contribution is 2.13. The zero-order valence-electron chi connectivity index (χ0n) is 17.6. The molecule has 0 aliphatic rings. The van der Waals surface area contributed by atoms with Crippen LogP contribution in [0, 0.1) is 5.92 Å². The van der Waals surface area contributed by atoms with Gasteiger partial charge >= 0.3 is 6.03 Å². The zero-order chi connectivity index (χ0) is 20.9. The number of carbonyl (C=O) groups is 2. The van der Waals surface area contributed by atoms with Gasteiger partial charge in [-0.05, 0) is 32.0 Å². The Kier molecular flexibility index (Phi) is 11.2. The third-order valence-electron chi connectivity index (χ3n) is 4.41. The molecule has 0 unspecified atom stereocenters. The van der Waals surface area contributed by atoms with Crippen LogP contribution in [0.15, 0.2) is 30.3 Å². The molecule has 0 fully saturated rings. The first-order chi connectivity index (χ1) is 13.3. The van der Waals surface area contributed by atoms with Gasteiger partial charge < -0.3 is 25.5 Å². The third kappa shape index (κ3) is 9.19. The summed E-state index contributed by atoms with van der Waals surface area (Å²) in [6.07, 6.45) is 1.24. The number of nitrogens with zero attached hydrogens (tertiary/aromatic N) is 2. The summed E-state index contributed by atoms with van der Waals surface area (Å²) in [6.45, 7) is 5.94. The molecule has 0 radical (unpaired) electrons. The van der Waals surface area contributed by atoms with Crippen molar-refractivity contribution in [3.8, 4) is 0 Å². The van der Waals surface area contributed by atoms with E-state index in [0.29, 0.717) is 25.4 Å². The van der Waals surface area contributed by atoms with E-state index in [4.69, 9.17) is 5.11 Å². The average molecular weight is 393 g/mol. The van der Waals surface area contributed by atoms with Gasteiger partial charge in [-0.25, -0.2) is 4.79 Å². The molecule has 1 aromatic carbocycles. The second kappa shape index (κ2) is 13.1. The van der Waals surface area contributed by atoms with E-state index < -0.39 is 6.04 Å². The van der Waals surface area contributed by atoms with Crippen molar-refractivity contribution in [3.63, 3.8) is 0 Å². The van der Waals surface area contributed by atoms with Gasteiger partial charge in [-0.3, -0.25) is 4.79 Å². The first kappa shape index (κ1) is 23.9. The Bertz CT molecular complexity index is 578. The van der Waals surface area contributed by atoms with Crippen molar-refractivity contribution < 1.29 is 14.7 Å². The fourth-order valence-corrected chi connectivity index (χ4v) is 2.76. The Morgan fingerprint density at radius 2 is 1.71 bits per heavy atom. The highest BCUT2D eigenvalue weighted by atomic mass is 16.3. The monoisotopic (exact) mass is 392 g/mol. The quantitative estimate of drug-likeness (QED) is 0.501. The van der Waals surface area contributed by atoms with Crippen LogP contribution >= 0.6 is 0 Å². The lowest BCUT2D eigenvalue weighted by Gasteiger charge is -2.32. The van der Waals surface area contributed by atoms with Crippen molar-refractivity contribution in [1.29, 1.82) is 0 Å². The molecule has 7 heteroatoms. The Hall–Kier alpha value is -2.12. The van der Waals surface area contributed by atoms with Gasteiger partial charge in [0.05, 0.1) is 6.61 Å². The van der Waals surface area contributed by atoms with Gasteiger partial charge in [-0.1, -0.05) is 44.2 Å². The summed E-state index contributed by atoms with van der Waals surface area (Å²) in [7, 11) is 3.90. The summed E-state index contributed by atoms with van der Waals surface area (Å²) < 4.78 is 0. The number of carbonyl (C=O) groups excluding carboxylic acids is 2. The Balaban J connectivity index is 3.01. The molecule has 0 aliphatic carbocycles. The number of likely N-dealkylation sites (N-methyl/N-ethyl adjacent to an activating group) is 1. The third-order valence-corrected chi connectivity index (χ3v) is 4.41. The van der Waals surface area contributed by atoms with Gasteiger partial charge in [0.15, 0.2) is 0 Å². The Morgan fingerprint density at radius 1 is 1.04 bits per heavy atom. The van der Waals surface area contributed by atoms with E-state index in [1.807, 2.05) is 49.3 Å². The fourth-order valence-electron chi connectivity index (χ4n) is 2.76. The van der Waals surface area contributed by atoms with Crippen molar-refractivity contribution in [2.24, 2.45) is 5.92 Å². The highest BCUT2D eigenvalue weighted by molar-refractivity contribution is 5.87. The summed E-state index contributed by atoms with van der Waals surface area (Å²) >= 11 is 0. The maximum absolute atomic E-state index is 13.0. The maximum atomic E-state index is 13.0. The SMILES string of the molecule is CC(C)CCN(C(=O)NCCO)[C@@H](Cc1ccccc1)C(=O)NCCN(C)C. The van der Waals surface area contributed by atoms with Crippen molar-refractivity contribution in [3.05, 3.63) is 35.9 Å². The Labute approximate surface area is 169 Å². The summed E-state index contributed by atoms with van der Waals surface area (Å²) in [5.74, 6) is 0.246. The molecule has 0 heterocycles. The van der Waals surface area contributed by atoms with E-state index >= 15 is 0 Å². The number of hydrogen-bond donors (Lipinski definition) is 3. The van der Waals surface area contributed by atoms with Gasteiger partial charge in [0, 0.05) is 32.6 Å². The molecular weight excluding hydrogens is 356 g/mol. The van der Waals surface area contributed by atoms with Crippen LogP contribution in [0.5, 0.6) is 0 Å². The number of nitrogens with one attached hydrogen (secondary N) is 2. The van der Waals surface area contributed by atoms with E-state index in [2.05, 4.69) is 24.5 Å². The molecule has 0 spiro atoms. The number of aliphatic hydroxyl groups is 1. The number of urea groups is 1. The molecule has 3 amide bonds. The minimum absolute atomic E-state index is 0.137. The second-order valence-corrected chi connectivity index (χ2v) is 7.63. The largest absolute Gasteiger partial charge is 0.395 e. The van der Waals surface area contributed by atoms with E-state index in [-0.39, 0.29) is 25.1 Å². The minimum atomic E-state index is -0.609. The standard InChI is InChI=1S/C21H36N4O3/c1-17(2)10-13-25(21(28)23-12-15-26)19(16-18-8-6-5-7-9-18)20(27)22-11-14-24(3)4/h5-9,17,19,26H,10-16H2,1-4H3,(H,22,27)(H,23,28)/t19-/m0/s1. The highest BCUT2D eigenvalue weighted by Gasteiger charge is 2.29. The molecule has 28 heavy (non-hydrogen) atoms. The molecule has 7 nitrogen and oxygen atoms in total. The van der Waals surface area contributed by atoms with Gasteiger partial charge in [-0.15, -0.1) is 0 Å². The molecule has 3 N–H and O–H groups in total. The molecule has 1 atom stereocenters. The number of rotatable bonds is 12. The predicted molar refractivity (Wildman–Crippen MR) is 112 cm³/mol. The topological polar surface area (TPSA) is 84.9 Å². The van der Waals surface area contributed by atoms with Crippen molar-refractivity contribution in [1.82, 2.24) is 20.4 Å². The summed E-state index contributed by atoms with van der Waals surface area (Å²) in [5.41, 5.74) is 1.000. The number of amides is 3. The molecule has 0 saturated carbocycles. The van der Waals surface area contributed by atoms with Crippen LogP contribution in [0.25, 0.3) is 0 Å². The number of benzene rings is 1. The fraction of sp³-hybridized carbons (Fsp3) is 0.619. The average Bonchev–Trinajstić information content (AvgIpc) is 2.65. The van der Waals surface area contributed by atoms with Crippen molar-refractivity contribution >= 4 is 11.9 Å². The van der Waals surface area contributed by atoms with Crippen LogP contribution < -0.4 is 10.6 Å². The number of aliphatic hydroxyl groups excluding tert-OH is 1. The summed E-state index contributed by atoms with van der Waals surface area (Å²) in [4.78, 5) is 29.3. The van der Waals surface area contributed by atoms with Crippen LogP contribution in [-0.2, 0) is 11.2 Å². The molecule has 0 bridgehead atoms. The Morgan fingerprint density at radius 3 is 2.29 bits per heavy atom. The van der Waals surface area contributed by atoms with E-state index in [1.54, 1.807) is 4.90 Å². The van der Waals surface area contributed by atoms with Gasteiger partial charge in [0.25, 0.3) is 0 Å². The molecule has 0 aromatic heterocycles. The summed E-state index contributed by atoms with van der Waals surface area (Å²) in [5, 5.41) is 14.7. The van der Waals surface area contributed by atoms with Crippen molar-refractivity contribution in [2.75, 3.05) is 46.9 Å². The lowest BCUT2D eigenvalue weighted by Crippen LogP contribution is -2.55. The first-order valence-corrected chi connectivity index (χ1v) is 9.96. The van der Waals surface area contributed by atoms with Crippen LogP contribution in [0.2, 0.25) is 0 Å². The van der Waals surface area contributed by atoms with E-state index in [0.717, 1.165) is 18.5 Å². The van der Waals surface area contributed by atoms with Crippen LogP contribution in [-0.4, -0.2) is 79.8 Å². The second-order valence-electron chi connectivity index (χ2n) is 7.63. The van der Waals surface area contributed by atoms with Crippen LogP contribution in [0.3, 0.4) is 0 Å². The molecule has 0 aliphatic heterocycles. The normalized spacial score (nSPS) is 12.1. The lowest BCUT2D eigenvalue weighted by molar-refractivity contribution is -0.125.